The first kappa shape index (κ1) is 15.0. The van der Waals surface area contributed by atoms with Gasteiger partial charge in [0.2, 0.25) is 0 Å². The zero-order chi connectivity index (χ0) is 14.8. The third kappa shape index (κ3) is 3.31. The van der Waals surface area contributed by atoms with Crippen molar-refractivity contribution in [2.75, 3.05) is 33.2 Å². The van der Waals surface area contributed by atoms with Crippen molar-refractivity contribution >= 4 is 0 Å². The van der Waals surface area contributed by atoms with E-state index in [0.29, 0.717) is 12.1 Å². The molecule has 3 heteroatoms. The minimum absolute atomic E-state index is 0.431. The van der Waals surface area contributed by atoms with E-state index in [4.69, 9.17) is 0 Å². The zero-order valence-electron chi connectivity index (χ0n) is 13.7. The molecule has 0 saturated carbocycles. The van der Waals surface area contributed by atoms with Crippen LogP contribution in [0.4, 0.5) is 0 Å². The first-order chi connectivity index (χ1) is 10.2. The third-order valence-electron chi connectivity index (χ3n) is 5.31. The zero-order valence-corrected chi connectivity index (χ0v) is 13.7. The Labute approximate surface area is 129 Å². The quantitative estimate of drug-likeness (QED) is 0.917. The molecule has 3 atom stereocenters. The molecule has 0 amide bonds. The molecule has 1 N–H and O–H groups in total. The van der Waals surface area contributed by atoms with Crippen LogP contribution in [0.5, 0.6) is 0 Å². The number of hydrogen-bond donors (Lipinski definition) is 1. The minimum Gasteiger partial charge on any atom is -0.312 e. The lowest BCUT2D eigenvalue weighted by Crippen LogP contribution is -2.56. The van der Waals surface area contributed by atoms with Gasteiger partial charge in [-0.1, -0.05) is 29.8 Å². The minimum atomic E-state index is 0.431. The highest BCUT2D eigenvalue weighted by Crippen LogP contribution is 2.26. The predicted octanol–water partition coefficient (Wildman–Crippen LogP) is 2.42. The van der Waals surface area contributed by atoms with E-state index >= 15 is 0 Å². The molecule has 3 nitrogen and oxygen atoms in total. The molecule has 0 aromatic heterocycles. The number of fused-ring (bicyclic) bond motifs is 1. The maximum absolute atomic E-state index is 3.51. The summed E-state index contributed by atoms with van der Waals surface area (Å²) in [6.07, 6.45) is 2.77. The Morgan fingerprint density at radius 1 is 1.24 bits per heavy atom. The molecule has 1 aromatic carbocycles. The normalized spacial score (nSPS) is 28.5. The summed E-state index contributed by atoms with van der Waals surface area (Å²) in [4.78, 5) is 5.38. The van der Waals surface area contributed by atoms with Crippen molar-refractivity contribution in [3.05, 3.63) is 35.4 Å². The van der Waals surface area contributed by atoms with E-state index in [9.17, 15) is 0 Å². The molecular weight excluding hydrogens is 258 g/mol. The molecule has 3 rings (SSSR count). The summed E-state index contributed by atoms with van der Waals surface area (Å²) in [6.45, 7) is 9.46. The molecule has 2 fully saturated rings. The van der Waals surface area contributed by atoms with Crippen LogP contribution in [0.2, 0.25) is 0 Å². The van der Waals surface area contributed by atoms with Gasteiger partial charge in [-0.3, -0.25) is 9.80 Å². The summed E-state index contributed by atoms with van der Waals surface area (Å²) < 4.78 is 0. The van der Waals surface area contributed by atoms with E-state index in [-0.39, 0.29) is 0 Å². The summed E-state index contributed by atoms with van der Waals surface area (Å²) in [5, 5.41) is 3.51. The van der Waals surface area contributed by atoms with Gasteiger partial charge in [-0.25, -0.2) is 0 Å². The first-order valence-corrected chi connectivity index (χ1v) is 8.39. The van der Waals surface area contributed by atoms with Gasteiger partial charge in [0.15, 0.2) is 0 Å². The molecule has 3 unspecified atom stereocenters. The Kier molecular flexibility index (Phi) is 4.63. The molecule has 0 spiro atoms. The van der Waals surface area contributed by atoms with Gasteiger partial charge < -0.3 is 5.32 Å². The van der Waals surface area contributed by atoms with Gasteiger partial charge in [-0.15, -0.1) is 0 Å². The highest BCUT2D eigenvalue weighted by atomic mass is 15.3. The molecule has 2 heterocycles. The number of likely N-dealkylation sites (N-methyl/N-ethyl adjacent to an activating group) is 1. The van der Waals surface area contributed by atoms with E-state index in [0.717, 1.165) is 12.6 Å². The summed E-state index contributed by atoms with van der Waals surface area (Å²) >= 11 is 0. The van der Waals surface area contributed by atoms with Crippen molar-refractivity contribution in [2.24, 2.45) is 0 Å². The van der Waals surface area contributed by atoms with Crippen molar-refractivity contribution < 1.29 is 0 Å². The number of aryl methyl sites for hydroxylation is 1. The van der Waals surface area contributed by atoms with Crippen LogP contribution in [0.3, 0.4) is 0 Å². The fourth-order valence-corrected chi connectivity index (χ4v) is 3.90. The molecular formula is C18H29N3. The van der Waals surface area contributed by atoms with Crippen LogP contribution in [0, 0.1) is 6.92 Å². The van der Waals surface area contributed by atoms with Crippen LogP contribution in [0.25, 0.3) is 0 Å². The molecule has 0 bridgehead atoms. The Morgan fingerprint density at radius 3 is 2.71 bits per heavy atom. The number of nitrogens with zero attached hydrogens (tertiary/aromatic N) is 2. The molecule has 2 aliphatic heterocycles. The van der Waals surface area contributed by atoms with E-state index < -0.39 is 0 Å². The summed E-state index contributed by atoms with van der Waals surface area (Å²) in [6, 6.07) is 10.9. The lowest BCUT2D eigenvalue weighted by molar-refractivity contribution is 0.0530. The molecule has 1 aromatic rings. The number of piperazine rings is 1. The number of nitrogens with one attached hydrogen (secondary N) is 1. The van der Waals surface area contributed by atoms with Gasteiger partial charge in [-0.05, 0) is 45.8 Å². The summed E-state index contributed by atoms with van der Waals surface area (Å²) in [7, 11) is 2.08. The van der Waals surface area contributed by atoms with Gasteiger partial charge in [0.1, 0.15) is 0 Å². The van der Waals surface area contributed by atoms with Gasteiger partial charge in [0, 0.05) is 37.8 Å². The molecule has 2 aliphatic rings. The molecule has 116 valence electrons. The second kappa shape index (κ2) is 6.47. The number of rotatable bonds is 4. The van der Waals surface area contributed by atoms with Crippen molar-refractivity contribution in [1.29, 1.82) is 0 Å². The van der Waals surface area contributed by atoms with Gasteiger partial charge in [0.05, 0.1) is 0 Å². The molecule has 2 saturated heterocycles. The first-order valence-electron chi connectivity index (χ1n) is 8.39. The van der Waals surface area contributed by atoms with E-state index in [1.54, 1.807) is 0 Å². The van der Waals surface area contributed by atoms with Crippen LogP contribution >= 0.6 is 0 Å². The van der Waals surface area contributed by atoms with Crippen molar-refractivity contribution in [2.45, 2.75) is 44.8 Å². The average Bonchev–Trinajstić information content (AvgIpc) is 2.93. The van der Waals surface area contributed by atoms with E-state index in [2.05, 4.69) is 60.3 Å². The van der Waals surface area contributed by atoms with E-state index in [1.807, 2.05) is 0 Å². The largest absolute Gasteiger partial charge is 0.312 e. The topological polar surface area (TPSA) is 18.5 Å². The summed E-state index contributed by atoms with van der Waals surface area (Å²) in [5.74, 6) is 0. The average molecular weight is 287 g/mol. The van der Waals surface area contributed by atoms with Crippen LogP contribution in [0.1, 0.15) is 36.9 Å². The van der Waals surface area contributed by atoms with Crippen molar-refractivity contribution in [3.63, 3.8) is 0 Å². The second-order valence-corrected chi connectivity index (χ2v) is 6.85. The third-order valence-corrected chi connectivity index (χ3v) is 5.31. The lowest BCUT2D eigenvalue weighted by atomic mass is 10.0. The SMILES string of the molecule is CNC(CN1CC2CCCN2CC1C)c1ccc(C)cc1. The highest BCUT2D eigenvalue weighted by molar-refractivity contribution is 5.24. The van der Waals surface area contributed by atoms with Gasteiger partial charge >= 0.3 is 0 Å². The fraction of sp³-hybridized carbons (Fsp3) is 0.667. The van der Waals surface area contributed by atoms with Crippen molar-refractivity contribution in [1.82, 2.24) is 15.1 Å². The maximum Gasteiger partial charge on any atom is 0.0447 e. The smallest absolute Gasteiger partial charge is 0.0447 e. The van der Waals surface area contributed by atoms with Crippen LogP contribution in [0.15, 0.2) is 24.3 Å². The standard InChI is InChI=1S/C18H29N3/c1-14-6-8-16(9-7-14)18(19-3)13-21-12-17-5-4-10-20(17)11-15(21)2/h6-9,15,17-19H,4-5,10-13H2,1-3H3. The Hall–Kier alpha value is -0.900. The van der Waals surface area contributed by atoms with Gasteiger partial charge in [-0.2, -0.15) is 0 Å². The second-order valence-electron chi connectivity index (χ2n) is 6.85. The monoisotopic (exact) mass is 287 g/mol. The maximum atomic E-state index is 3.51. The number of hydrogen-bond acceptors (Lipinski definition) is 3. The Bertz CT molecular complexity index is 456. The number of benzene rings is 1. The lowest BCUT2D eigenvalue weighted by Gasteiger charge is -2.43. The van der Waals surface area contributed by atoms with Crippen molar-refractivity contribution in [3.8, 4) is 0 Å². The fourth-order valence-electron chi connectivity index (χ4n) is 3.90. The Balaban J connectivity index is 1.67. The van der Waals surface area contributed by atoms with E-state index in [1.165, 1.54) is 43.6 Å². The predicted molar refractivity (Wildman–Crippen MR) is 88.6 cm³/mol. The van der Waals surface area contributed by atoms with Crippen LogP contribution in [-0.2, 0) is 0 Å². The summed E-state index contributed by atoms with van der Waals surface area (Å²) in [5.41, 5.74) is 2.74. The van der Waals surface area contributed by atoms with Crippen LogP contribution < -0.4 is 5.32 Å². The Morgan fingerprint density at radius 2 is 2.00 bits per heavy atom. The molecule has 0 aliphatic carbocycles. The van der Waals surface area contributed by atoms with Gasteiger partial charge in [0.25, 0.3) is 0 Å². The molecule has 21 heavy (non-hydrogen) atoms. The highest BCUT2D eigenvalue weighted by Gasteiger charge is 2.34. The van der Waals surface area contributed by atoms with Crippen LogP contribution in [-0.4, -0.2) is 55.1 Å². The molecule has 0 radical (unpaired) electrons.